The van der Waals surface area contributed by atoms with Gasteiger partial charge in [0.05, 0.1) is 6.26 Å². The first kappa shape index (κ1) is 8.82. The lowest BCUT2D eigenvalue weighted by Gasteiger charge is -1.99. The van der Waals surface area contributed by atoms with Gasteiger partial charge in [0, 0.05) is 10.2 Å². The van der Waals surface area contributed by atoms with Crippen LogP contribution >= 0.6 is 15.9 Å². The molecule has 0 aliphatic carbocycles. The van der Waals surface area contributed by atoms with Crippen LogP contribution in [0.15, 0.2) is 34.9 Å². The first-order valence-electron chi connectivity index (χ1n) is 4.36. The Morgan fingerprint density at radius 1 is 1.38 bits per heavy atom. The predicted octanol–water partition coefficient (Wildman–Crippen LogP) is 3.76. The summed E-state index contributed by atoms with van der Waals surface area (Å²) in [5, 5.41) is 1.23. The Morgan fingerprint density at radius 3 is 2.92 bits per heavy atom. The van der Waals surface area contributed by atoms with Crippen molar-refractivity contribution >= 4 is 26.9 Å². The van der Waals surface area contributed by atoms with Crippen molar-refractivity contribution in [3.05, 3.63) is 36.1 Å². The molecule has 0 aliphatic heterocycles. The van der Waals surface area contributed by atoms with Crippen LogP contribution in [-0.2, 0) is 6.42 Å². The van der Waals surface area contributed by atoms with E-state index in [1.807, 2.05) is 24.5 Å². The van der Waals surface area contributed by atoms with E-state index in [4.69, 9.17) is 4.42 Å². The first-order valence-corrected chi connectivity index (χ1v) is 5.28. The highest BCUT2D eigenvalue weighted by molar-refractivity contribution is 9.09. The Labute approximate surface area is 85.9 Å². The fraction of sp³-hybridized carbons (Fsp3) is 0.273. The molecule has 0 bridgehead atoms. The van der Waals surface area contributed by atoms with Crippen LogP contribution in [0.5, 0.6) is 0 Å². The minimum atomic E-state index is 0.494. The topological polar surface area (TPSA) is 13.1 Å². The summed E-state index contributed by atoms with van der Waals surface area (Å²) in [4.78, 5) is 0.494. The van der Waals surface area contributed by atoms with E-state index < -0.39 is 0 Å². The van der Waals surface area contributed by atoms with Crippen molar-refractivity contribution in [1.29, 1.82) is 0 Å². The molecule has 2 rings (SSSR count). The van der Waals surface area contributed by atoms with E-state index >= 15 is 0 Å². The molecule has 2 heteroatoms. The molecule has 1 unspecified atom stereocenters. The molecule has 0 saturated carbocycles. The number of hydrogen-bond donors (Lipinski definition) is 0. The van der Waals surface area contributed by atoms with Crippen LogP contribution in [0.3, 0.4) is 0 Å². The highest BCUT2D eigenvalue weighted by Gasteiger charge is 2.06. The van der Waals surface area contributed by atoms with Crippen molar-refractivity contribution in [3.8, 4) is 0 Å². The largest absolute Gasteiger partial charge is 0.464 e. The second-order valence-electron chi connectivity index (χ2n) is 3.24. The van der Waals surface area contributed by atoms with E-state index in [1.165, 1.54) is 10.9 Å². The van der Waals surface area contributed by atoms with Gasteiger partial charge in [0.15, 0.2) is 0 Å². The average Bonchev–Trinajstić information content (AvgIpc) is 2.48. The molecule has 0 aliphatic rings. The van der Waals surface area contributed by atoms with Crippen LogP contribution in [0, 0.1) is 0 Å². The Kier molecular flexibility index (Phi) is 2.40. The number of alkyl halides is 1. The minimum Gasteiger partial charge on any atom is -0.464 e. The molecule has 1 heterocycles. The van der Waals surface area contributed by atoms with Gasteiger partial charge in [-0.1, -0.05) is 41.1 Å². The minimum absolute atomic E-state index is 0.494. The van der Waals surface area contributed by atoms with Crippen LogP contribution in [0.1, 0.15) is 12.5 Å². The fourth-order valence-corrected chi connectivity index (χ4v) is 1.84. The summed E-state index contributed by atoms with van der Waals surface area (Å²) in [6.45, 7) is 2.14. The molecule has 1 nitrogen and oxygen atoms in total. The van der Waals surface area contributed by atoms with Gasteiger partial charge in [-0.25, -0.2) is 0 Å². The van der Waals surface area contributed by atoms with Crippen LogP contribution < -0.4 is 0 Å². The van der Waals surface area contributed by atoms with Crippen LogP contribution in [0.25, 0.3) is 11.0 Å². The highest BCUT2D eigenvalue weighted by atomic mass is 79.9. The summed E-state index contributed by atoms with van der Waals surface area (Å²) in [6.07, 6.45) is 2.86. The highest BCUT2D eigenvalue weighted by Crippen LogP contribution is 2.23. The monoisotopic (exact) mass is 238 g/mol. The maximum absolute atomic E-state index is 5.43. The lowest BCUT2D eigenvalue weighted by Crippen LogP contribution is -1.94. The molecule has 0 spiro atoms. The van der Waals surface area contributed by atoms with Crippen LogP contribution in [0.2, 0.25) is 0 Å². The number of fused-ring (bicyclic) bond motifs is 1. The maximum Gasteiger partial charge on any atom is 0.134 e. The molecule has 0 amide bonds. The van der Waals surface area contributed by atoms with Crippen molar-refractivity contribution in [3.63, 3.8) is 0 Å². The normalized spacial score (nSPS) is 13.4. The zero-order chi connectivity index (χ0) is 9.26. The third kappa shape index (κ3) is 1.78. The summed E-state index contributed by atoms with van der Waals surface area (Å²) in [5.41, 5.74) is 2.26. The summed E-state index contributed by atoms with van der Waals surface area (Å²) >= 11 is 3.54. The molecular weight excluding hydrogens is 228 g/mol. The molecule has 1 aromatic carbocycles. The molecule has 0 N–H and O–H groups in total. The van der Waals surface area contributed by atoms with Crippen molar-refractivity contribution < 1.29 is 4.42 Å². The van der Waals surface area contributed by atoms with Gasteiger partial charge in [-0.3, -0.25) is 0 Å². The standard InChI is InChI=1S/C11H11BrO/c1-8(12)6-9-7-13-11-5-3-2-4-10(9)11/h2-5,7-8H,6H2,1H3. The maximum atomic E-state index is 5.43. The third-order valence-corrected chi connectivity index (χ3v) is 2.39. The number of benzene rings is 1. The first-order chi connectivity index (χ1) is 6.27. The second-order valence-corrected chi connectivity index (χ2v) is 4.81. The van der Waals surface area contributed by atoms with Crippen molar-refractivity contribution in [2.45, 2.75) is 18.2 Å². The Balaban J connectivity index is 2.46. The molecule has 13 heavy (non-hydrogen) atoms. The van der Waals surface area contributed by atoms with Crippen molar-refractivity contribution in [2.75, 3.05) is 0 Å². The number of hydrogen-bond acceptors (Lipinski definition) is 1. The van der Waals surface area contributed by atoms with Crippen LogP contribution in [0.4, 0.5) is 0 Å². The molecular formula is C11H11BrO. The van der Waals surface area contributed by atoms with E-state index in [2.05, 4.69) is 28.9 Å². The Morgan fingerprint density at radius 2 is 2.15 bits per heavy atom. The fourth-order valence-electron chi connectivity index (χ4n) is 1.49. The second kappa shape index (κ2) is 3.54. The third-order valence-electron chi connectivity index (χ3n) is 2.06. The Hall–Kier alpha value is -0.760. The molecule has 2 aromatic rings. The zero-order valence-electron chi connectivity index (χ0n) is 7.46. The summed E-state index contributed by atoms with van der Waals surface area (Å²) in [5.74, 6) is 0. The quantitative estimate of drug-likeness (QED) is 0.727. The van der Waals surface area contributed by atoms with Gasteiger partial charge < -0.3 is 4.42 Å². The van der Waals surface area contributed by atoms with Crippen molar-refractivity contribution in [1.82, 2.24) is 0 Å². The summed E-state index contributed by atoms with van der Waals surface area (Å²) in [7, 11) is 0. The van der Waals surface area contributed by atoms with Crippen molar-refractivity contribution in [2.24, 2.45) is 0 Å². The molecule has 0 fully saturated rings. The van der Waals surface area contributed by atoms with E-state index in [0.717, 1.165) is 12.0 Å². The van der Waals surface area contributed by atoms with Gasteiger partial charge in [0.1, 0.15) is 5.58 Å². The zero-order valence-corrected chi connectivity index (χ0v) is 9.04. The van der Waals surface area contributed by atoms with E-state index in [1.54, 1.807) is 0 Å². The van der Waals surface area contributed by atoms with Gasteiger partial charge in [-0.15, -0.1) is 0 Å². The van der Waals surface area contributed by atoms with Gasteiger partial charge >= 0.3 is 0 Å². The summed E-state index contributed by atoms with van der Waals surface area (Å²) < 4.78 is 5.43. The van der Waals surface area contributed by atoms with Gasteiger partial charge in [-0.2, -0.15) is 0 Å². The van der Waals surface area contributed by atoms with Gasteiger partial charge in [-0.05, 0) is 18.1 Å². The molecule has 0 saturated heterocycles. The van der Waals surface area contributed by atoms with Gasteiger partial charge in [0.25, 0.3) is 0 Å². The van der Waals surface area contributed by atoms with Crippen LogP contribution in [-0.4, -0.2) is 4.83 Å². The van der Waals surface area contributed by atoms with Gasteiger partial charge in [0.2, 0.25) is 0 Å². The predicted molar refractivity (Wildman–Crippen MR) is 58.3 cm³/mol. The lowest BCUT2D eigenvalue weighted by molar-refractivity contribution is 0.610. The molecule has 0 radical (unpaired) electrons. The van der Waals surface area contributed by atoms with E-state index in [9.17, 15) is 0 Å². The lowest BCUT2D eigenvalue weighted by atomic mass is 10.1. The molecule has 1 atom stereocenters. The average molecular weight is 239 g/mol. The van der Waals surface area contributed by atoms with E-state index in [0.29, 0.717) is 4.83 Å². The number of halogens is 1. The molecule has 1 aromatic heterocycles. The Bertz CT molecular complexity index is 403. The molecule has 68 valence electrons. The summed E-state index contributed by atoms with van der Waals surface area (Å²) in [6, 6.07) is 8.13. The number of para-hydroxylation sites is 1. The SMILES string of the molecule is CC(Br)Cc1coc2ccccc12. The number of furan rings is 1. The van der Waals surface area contributed by atoms with E-state index in [-0.39, 0.29) is 0 Å². The smallest absolute Gasteiger partial charge is 0.134 e. The number of rotatable bonds is 2.